The van der Waals surface area contributed by atoms with Crippen LogP contribution in [0.4, 0.5) is 8.78 Å². The summed E-state index contributed by atoms with van der Waals surface area (Å²) >= 11 is 0. The van der Waals surface area contributed by atoms with Crippen molar-refractivity contribution in [1.29, 1.82) is 0 Å². The van der Waals surface area contributed by atoms with Crippen LogP contribution in [0, 0.1) is 17.0 Å². The molecule has 1 aliphatic carbocycles. The highest BCUT2D eigenvalue weighted by atomic mass is 19.1. The molecule has 1 saturated heterocycles. The highest BCUT2D eigenvalue weighted by Gasteiger charge is 2.46. The molecule has 1 aromatic rings. The van der Waals surface area contributed by atoms with E-state index < -0.39 is 11.6 Å². The van der Waals surface area contributed by atoms with Gasteiger partial charge >= 0.3 is 0 Å². The molecule has 1 amide bonds. The second kappa shape index (κ2) is 6.56. The number of hydrogen-bond acceptors (Lipinski definition) is 2. The quantitative estimate of drug-likeness (QED) is 0.854. The Bertz CT molecular complexity index is 592. The molecule has 0 radical (unpaired) electrons. The normalized spacial score (nSPS) is 27.6. The van der Waals surface area contributed by atoms with Crippen LogP contribution in [0.1, 0.15) is 37.7 Å². The summed E-state index contributed by atoms with van der Waals surface area (Å²) in [5.74, 6) is -1.36. The molecule has 0 unspecified atom stereocenters. The second-order valence-corrected chi connectivity index (χ2v) is 6.81. The van der Waals surface area contributed by atoms with Gasteiger partial charge in [0.05, 0.1) is 12.5 Å². The molecule has 2 aliphatic rings. The van der Waals surface area contributed by atoms with Gasteiger partial charge in [-0.15, -0.1) is 0 Å². The Morgan fingerprint density at radius 1 is 1.35 bits per heavy atom. The molecular formula is C18H23F2NO2. The third-order valence-electron chi connectivity index (χ3n) is 5.43. The Morgan fingerprint density at radius 3 is 2.87 bits per heavy atom. The first-order chi connectivity index (χ1) is 11.0. The molecule has 3 rings (SSSR count). The number of hydrogen-bond donors (Lipinski definition) is 0. The molecule has 1 aromatic carbocycles. The van der Waals surface area contributed by atoms with Gasteiger partial charge in [0.25, 0.3) is 0 Å². The minimum Gasteiger partial charge on any atom is -0.381 e. The van der Waals surface area contributed by atoms with E-state index >= 15 is 0 Å². The average molecular weight is 323 g/mol. The summed E-state index contributed by atoms with van der Waals surface area (Å²) in [5.41, 5.74) is 0.315. The molecule has 1 aliphatic heterocycles. The number of likely N-dealkylation sites (tertiary alicyclic amines) is 1. The van der Waals surface area contributed by atoms with E-state index in [1.807, 2.05) is 4.90 Å². The first kappa shape index (κ1) is 16.4. The Hall–Kier alpha value is -1.49. The molecule has 1 heterocycles. The van der Waals surface area contributed by atoms with E-state index in [9.17, 15) is 13.6 Å². The first-order valence-electron chi connectivity index (χ1n) is 8.28. The number of nitrogens with zero attached hydrogens (tertiary/aromatic N) is 1. The molecule has 126 valence electrons. The average Bonchev–Trinajstić information content (AvgIpc) is 2.92. The summed E-state index contributed by atoms with van der Waals surface area (Å²) in [7, 11) is 1.74. The maximum Gasteiger partial charge on any atom is 0.227 e. The van der Waals surface area contributed by atoms with Crippen molar-refractivity contribution in [3.63, 3.8) is 0 Å². The number of methoxy groups -OCH3 is 1. The van der Waals surface area contributed by atoms with Gasteiger partial charge in [-0.3, -0.25) is 4.79 Å². The van der Waals surface area contributed by atoms with Crippen LogP contribution in [-0.4, -0.2) is 37.1 Å². The molecule has 23 heavy (non-hydrogen) atoms. The van der Waals surface area contributed by atoms with Crippen molar-refractivity contribution in [3.8, 4) is 0 Å². The molecule has 2 atom stereocenters. The van der Waals surface area contributed by atoms with Gasteiger partial charge in [0.15, 0.2) is 0 Å². The van der Waals surface area contributed by atoms with Gasteiger partial charge in [-0.05, 0) is 37.3 Å². The van der Waals surface area contributed by atoms with Crippen LogP contribution >= 0.6 is 0 Å². The lowest BCUT2D eigenvalue weighted by atomic mass is 9.76. The fraction of sp³-hybridized carbons (Fsp3) is 0.611. The number of carbonyl (C=O) groups excluding carboxylic acids is 1. The minimum atomic E-state index is -0.652. The zero-order valence-corrected chi connectivity index (χ0v) is 13.5. The van der Waals surface area contributed by atoms with Crippen LogP contribution in [0.5, 0.6) is 0 Å². The van der Waals surface area contributed by atoms with Crippen LogP contribution in [0.3, 0.4) is 0 Å². The molecule has 3 nitrogen and oxygen atoms in total. The van der Waals surface area contributed by atoms with Crippen molar-refractivity contribution < 1.29 is 18.3 Å². The number of rotatable bonds is 3. The summed E-state index contributed by atoms with van der Waals surface area (Å²) in [5, 5.41) is 0. The largest absolute Gasteiger partial charge is 0.381 e. The zero-order valence-electron chi connectivity index (χ0n) is 13.5. The van der Waals surface area contributed by atoms with Gasteiger partial charge in [0.1, 0.15) is 11.6 Å². The van der Waals surface area contributed by atoms with Crippen molar-refractivity contribution in [2.24, 2.45) is 5.41 Å². The highest BCUT2D eigenvalue weighted by Crippen LogP contribution is 2.46. The van der Waals surface area contributed by atoms with Gasteiger partial charge in [-0.1, -0.05) is 12.5 Å². The van der Waals surface area contributed by atoms with Gasteiger partial charge in [0, 0.05) is 31.7 Å². The number of benzene rings is 1. The molecule has 0 bridgehead atoms. The fourth-order valence-corrected chi connectivity index (χ4v) is 4.25. The summed E-state index contributed by atoms with van der Waals surface area (Å²) in [6.45, 7) is 1.40. The van der Waals surface area contributed by atoms with Crippen molar-refractivity contribution in [3.05, 3.63) is 35.4 Å². The maximum atomic E-state index is 13.8. The van der Waals surface area contributed by atoms with E-state index in [0.717, 1.165) is 38.2 Å². The molecule has 0 aromatic heterocycles. The predicted molar refractivity (Wildman–Crippen MR) is 83.0 cm³/mol. The number of piperidine rings is 1. The van der Waals surface area contributed by atoms with Crippen LogP contribution in [0.2, 0.25) is 0 Å². The summed E-state index contributed by atoms with van der Waals surface area (Å²) < 4.78 is 32.4. The van der Waals surface area contributed by atoms with Gasteiger partial charge in [0.2, 0.25) is 5.91 Å². The number of carbonyl (C=O) groups is 1. The smallest absolute Gasteiger partial charge is 0.227 e. The second-order valence-electron chi connectivity index (χ2n) is 6.81. The fourth-order valence-electron chi connectivity index (χ4n) is 4.25. The van der Waals surface area contributed by atoms with Crippen molar-refractivity contribution >= 4 is 5.91 Å². The zero-order chi connectivity index (χ0) is 16.4. The molecule has 5 heteroatoms. The lowest BCUT2D eigenvalue weighted by Crippen LogP contribution is -2.50. The molecule has 1 saturated carbocycles. The Morgan fingerprint density at radius 2 is 2.13 bits per heavy atom. The summed E-state index contributed by atoms with van der Waals surface area (Å²) in [6.07, 6.45) is 5.50. The van der Waals surface area contributed by atoms with E-state index in [1.54, 1.807) is 7.11 Å². The molecule has 1 spiro atoms. The lowest BCUT2D eigenvalue weighted by molar-refractivity contribution is -0.136. The van der Waals surface area contributed by atoms with E-state index in [2.05, 4.69) is 0 Å². The lowest BCUT2D eigenvalue weighted by Gasteiger charge is -2.43. The Balaban J connectivity index is 1.70. The van der Waals surface area contributed by atoms with Crippen LogP contribution in [0.25, 0.3) is 0 Å². The summed E-state index contributed by atoms with van der Waals surface area (Å²) in [4.78, 5) is 14.4. The highest BCUT2D eigenvalue weighted by molar-refractivity contribution is 5.79. The third-order valence-corrected chi connectivity index (χ3v) is 5.43. The number of amides is 1. The SMILES string of the molecule is CO[C@@H]1CCC[C@@]12CCCN(C(=O)Cc1ccc(F)cc1F)C2. The van der Waals surface area contributed by atoms with Crippen molar-refractivity contribution in [1.82, 2.24) is 4.90 Å². The molecule has 0 N–H and O–H groups in total. The Labute approximate surface area is 135 Å². The number of ether oxygens (including phenoxy) is 1. The standard InChI is InChI=1S/C18H23F2NO2/c1-23-16-4-2-7-18(16)8-3-9-21(12-18)17(22)10-13-5-6-14(19)11-15(13)20/h5-6,11,16H,2-4,7-10,12H2,1H3/t16-,18+/m1/s1. The van der Waals surface area contributed by atoms with Gasteiger partial charge in [-0.25, -0.2) is 8.78 Å². The minimum absolute atomic E-state index is 0.0140. The predicted octanol–water partition coefficient (Wildman–Crippen LogP) is 3.32. The van der Waals surface area contributed by atoms with E-state index in [4.69, 9.17) is 4.74 Å². The van der Waals surface area contributed by atoms with Crippen LogP contribution < -0.4 is 0 Å². The first-order valence-corrected chi connectivity index (χ1v) is 8.28. The van der Waals surface area contributed by atoms with E-state index in [0.29, 0.717) is 13.1 Å². The summed E-state index contributed by atoms with van der Waals surface area (Å²) in [6, 6.07) is 3.38. The maximum absolute atomic E-state index is 13.8. The van der Waals surface area contributed by atoms with Gasteiger partial charge in [-0.2, -0.15) is 0 Å². The molecular weight excluding hydrogens is 300 g/mol. The van der Waals surface area contributed by atoms with Crippen LogP contribution in [0.15, 0.2) is 18.2 Å². The topological polar surface area (TPSA) is 29.5 Å². The van der Waals surface area contributed by atoms with E-state index in [-0.39, 0.29) is 29.4 Å². The van der Waals surface area contributed by atoms with E-state index in [1.165, 1.54) is 12.1 Å². The van der Waals surface area contributed by atoms with Crippen molar-refractivity contribution in [2.75, 3.05) is 20.2 Å². The monoisotopic (exact) mass is 323 g/mol. The number of halogens is 2. The van der Waals surface area contributed by atoms with Crippen LogP contribution in [-0.2, 0) is 16.0 Å². The third kappa shape index (κ3) is 3.25. The Kier molecular flexibility index (Phi) is 4.67. The van der Waals surface area contributed by atoms with Crippen molar-refractivity contribution in [2.45, 2.75) is 44.6 Å². The van der Waals surface area contributed by atoms with Gasteiger partial charge < -0.3 is 9.64 Å². The molecule has 2 fully saturated rings.